The Morgan fingerprint density at radius 2 is 1.86 bits per heavy atom. The average molecular weight is 376 g/mol. The minimum Gasteiger partial charge on any atom is -0.488 e. The van der Waals surface area contributed by atoms with Crippen LogP contribution in [0.3, 0.4) is 0 Å². The molecule has 0 radical (unpaired) electrons. The second-order valence-corrected chi connectivity index (χ2v) is 7.22. The highest BCUT2D eigenvalue weighted by molar-refractivity contribution is 6.05. The largest absolute Gasteiger partial charge is 0.488 e. The van der Waals surface area contributed by atoms with Gasteiger partial charge >= 0.3 is 5.97 Å². The first-order chi connectivity index (χ1) is 13.6. The van der Waals surface area contributed by atoms with E-state index in [0.717, 1.165) is 53.0 Å². The van der Waals surface area contributed by atoms with E-state index in [1.165, 1.54) is 11.6 Å². The third-order valence-electron chi connectivity index (χ3n) is 4.96. The summed E-state index contributed by atoms with van der Waals surface area (Å²) in [6, 6.07) is 16.8. The zero-order valence-corrected chi connectivity index (χ0v) is 16.7. The lowest BCUT2D eigenvalue weighted by Crippen LogP contribution is -2.24. The second-order valence-electron chi connectivity index (χ2n) is 7.22. The molecule has 146 valence electrons. The first-order valence-corrected chi connectivity index (χ1v) is 10.0. The SMILES string of the molecule is C=CC(=O)OC(CCCCC)COc1c2ccccc2cc2ccc(C)cc12. The molecule has 3 rings (SSSR count). The Balaban J connectivity index is 1.92. The highest BCUT2D eigenvalue weighted by atomic mass is 16.6. The molecule has 0 N–H and O–H groups in total. The Bertz CT molecular complexity index is 974. The minimum absolute atomic E-state index is 0.282. The van der Waals surface area contributed by atoms with Gasteiger partial charge in [0.15, 0.2) is 0 Å². The number of hydrogen-bond donors (Lipinski definition) is 0. The molecule has 3 heteroatoms. The van der Waals surface area contributed by atoms with E-state index in [0.29, 0.717) is 6.61 Å². The van der Waals surface area contributed by atoms with E-state index >= 15 is 0 Å². The molecule has 0 saturated heterocycles. The molecule has 0 aliphatic rings. The number of esters is 1. The third-order valence-corrected chi connectivity index (χ3v) is 4.96. The molecule has 28 heavy (non-hydrogen) atoms. The van der Waals surface area contributed by atoms with Gasteiger partial charge in [-0.2, -0.15) is 0 Å². The lowest BCUT2D eigenvalue weighted by Gasteiger charge is -2.20. The highest BCUT2D eigenvalue weighted by Gasteiger charge is 2.16. The molecule has 0 aromatic heterocycles. The average Bonchev–Trinajstić information content (AvgIpc) is 2.71. The van der Waals surface area contributed by atoms with Crippen molar-refractivity contribution < 1.29 is 14.3 Å². The van der Waals surface area contributed by atoms with Gasteiger partial charge in [-0.3, -0.25) is 0 Å². The van der Waals surface area contributed by atoms with Crippen LogP contribution in [-0.2, 0) is 9.53 Å². The summed E-state index contributed by atoms with van der Waals surface area (Å²) in [6.07, 6.45) is 4.95. The van der Waals surface area contributed by atoms with Crippen LogP contribution in [0.5, 0.6) is 5.75 Å². The van der Waals surface area contributed by atoms with E-state index < -0.39 is 5.97 Å². The monoisotopic (exact) mass is 376 g/mol. The fraction of sp³-hybridized carbons (Fsp3) is 0.320. The van der Waals surface area contributed by atoms with Crippen molar-refractivity contribution in [2.75, 3.05) is 6.61 Å². The quantitative estimate of drug-likeness (QED) is 0.189. The van der Waals surface area contributed by atoms with E-state index in [1.807, 2.05) is 12.1 Å². The first kappa shape index (κ1) is 19.9. The molecule has 0 amide bonds. The lowest BCUT2D eigenvalue weighted by molar-refractivity contribution is -0.144. The van der Waals surface area contributed by atoms with Crippen LogP contribution in [0.25, 0.3) is 21.5 Å². The molecule has 0 bridgehead atoms. The van der Waals surface area contributed by atoms with Crippen molar-refractivity contribution in [3.8, 4) is 5.75 Å². The van der Waals surface area contributed by atoms with Crippen molar-refractivity contribution in [3.63, 3.8) is 0 Å². The Kier molecular flexibility index (Phi) is 6.70. The molecule has 3 aromatic carbocycles. The maximum Gasteiger partial charge on any atom is 0.330 e. The minimum atomic E-state index is -0.399. The summed E-state index contributed by atoms with van der Waals surface area (Å²) in [5, 5.41) is 4.44. The van der Waals surface area contributed by atoms with Crippen LogP contribution in [-0.4, -0.2) is 18.7 Å². The van der Waals surface area contributed by atoms with Crippen LogP contribution in [0.2, 0.25) is 0 Å². The summed E-state index contributed by atoms with van der Waals surface area (Å²) in [5.74, 6) is 0.454. The predicted octanol–water partition coefficient (Wildman–Crippen LogP) is 6.36. The van der Waals surface area contributed by atoms with Gasteiger partial charge in [-0.25, -0.2) is 4.79 Å². The number of rotatable bonds is 9. The summed E-state index contributed by atoms with van der Waals surface area (Å²) in [6.45, 7) is 8.08. The van der Waals surface area contributed by atoms with Gasteiger partial charge < -0.3 is 9.47 Å². The number of ether oxygens (including phenoxy) is 2. The molecular weight excluding hydrogens is 348 g/mol. The van der Waals surface area contributed by atoms with Crippen molar-refractivity contribution in [1.82, 2.24) is 0 Å². The summed E-state index contributed by atoms with van der Waals surface area (Å²) < 4.78 is 11.8. The molecule has 3 nitrogen and oxygen atoms in total. The van der Waals surface area contributed by atoms with Gasteiger partial charge in [0.1, 0.15) is 18.5 Å². The second kappa shape index (κ2) is 9.41. The fourth-order valence-corrected chi connectivity index (χ4v) is 3.48. The number of fused-ring (bicyclic) bond motifs is 2. The summed E-state index contributed by atoms with van der Waals surface area (Å²) in [4.78, 5) is 11.7. The maximum atomic E-state index is 11.7. The number of aryl methyl sites for hydroxylation is 1. The fourth-order valence-electron chi connectivity index (χ4n) is 3.48. The van der Waals surface area contributed by atoms with E-state index in [2.05, 4.69) is 56.8 Å². The van der Waals surface area contributed by atoms with Crippen molar-refractivity contribution in [2.45, 2.75) is 45.6 Å². The van der Waals surface area contributed by atoms with Gasteiger partial charge in [0, 0.05) is 16.8 Å². The molecular formula is C25H28O3. The zero-order valence-electron chi connectivity index (χ0n) is 16.7. The summed E-state index contributed by atoms with van der Waals surface area (Å²) >= 11 is 0. The molecule has 0 aliphatic heterocycles. The van der Waals surface area contributed by atoms with Crippen molar-refractivity contribution in [3.05, 3.63) is 66.7 Å². The van der Waals surface area contributed by atoms with Crippen LogP contribution in [0.15, 0.2) is 61.2 Å². The van der Waals surface area contributed by atoms with E-state index in [-0.39, 0.29) is 6.10 Å². The van der Waals surface area contributed by atoms with Crippen molar-refractivity contribution >= 4 is 27.5 Å². The molecule has 0 spiro atoms. The molecule has 0 heterocycles. The van der Waals surface area contributed by atoms with Gasteiger partial charge in [-0.1, -0.05) is 68.3 Å². The Hall–Kier alpha value is -2.81. The predicted molar refractivity (Wildman–Crippen MR) is 116 cm³/mol. The van der Waals surface area contributed by atoms with Crippen molar-refractivity contribution in [2.24, 2.45) is 0 Å². The number of carbonyl (C=O) groups excluding carboxylic acids is 1. The Morgan fingerprint density at radius 1 is 1.07 bits per heavy atom. The normalized spacial score (nSPS) is 12.1. The maximum absolute atomic E-state index is 11.7. The smallest absolute Gasteiger partial charge is 0.330 e. The summed E-state index contributed by atoms with van der Waals surface area (Å²) in [7, 11) is 0. The van der Waals surface area contributed by atoms with Crippen LogP contribution in [0, 0.1) is 6.92 Å². The number of unbranched alkanes of at least 4 members (excludes halogenated alkanes) is 2. The van der Waals surface area contributed by atoms with Crippen LogP contribution in [0.1, 0.15) is 38.2 Å². The van der Waals surface area contributed by atoms with E-state index in [9.17, 15) is 4.79 Å². The zero-order chi connectivity index (χ0) is 19.9. The lowest BCUT2D eigenvalue weighted by atomic mass is 10.0. The third kappa shape index (κ3) is 4.72. The van der Waals surface area contributed by atoms with Crippen LogP contribution >= 0.6 is 0 Å². The number of hydrogen-bond acceptors (Lipinski definition) is 3. The van der Waals surface area contributed by atoms with Crippen LogP contribution in [0.4, 0.5) is 0 Å². The van der Waals surface area contributed by atoms with Gasteiger partial charge in [-0.05, 0) is 42.7 Å². The van der Waals surface area contributed by atoms with E-state index in [4.69, 9.17) is 9.47 Å². The first-order valence-electron chi connectivity index (χ1n) is 10.0. The molecule has 1 unspecified atom stereocenters. The highest BCUT2D eigenvalue weighted by Crippen LogP contribution is 2.35. The van der Waals surface area contributed by atoms with Gasteiger partial charge in [0.25, 0.3) is 0 Å². The summed E-state index contributed by atoms with van der Waals surface area (Å²) in [5.41, 5.74) is 1.19. The standard InChI is InChI=1S/C25H28O3/c1-4-6-7-11-21(28-24(26)5-2)17-27-25-22-12-9-8-10-19(22)16-20-14-13-18(3)15-23(20)25/h5,8-10,12-16,21H,2,4,6-7,11,17H2,1,3H3. The van der Waals surface area contributed by atoms with Gasteiger partial charge in [0.2, 0.25) is 0 Å². The molecule has 0 aliphatic carbocycles. The molecule has 0 saturated carbocycles. The van der Waals surface area contributed by atoms with Gasteiger partial charge in [0.05, 0.1) is 0 Å². The van der Waals surface area contributed by atoms with Gasteiger partial charge in [-0.15, -0.1) is 0 Å². The topological polar surface area (TPSA) is 35.5 Å². The number of benzene rings is 3. The molecule has 3 aromatic rings. The molecule has 1 atom stereocenters. The number of carbonyl (C=O) groups is 1. The van der Waals surface area contributed by atoms with Crippen LogP contribution < -0.4 is 4.74 Å². The van der Waals surface area contributed by atoms with E-state index in [1.54, 1.807) is 0 Å². The Morgan fingerprint density at radius 3 is 2.64 bits per heavy atom. The van der Waals surface area contributed by atoms with Crippen molar-refractivity contribution in [1.29, 1.82) is 0 Å². The molecule has 0 fully saturated rings. The Labute approximate surface area is 167 Å².